The highest BCUT2D eigenvalue weighted by atomic mass is 35.5. The van der Waals surface area contributed by atoms with E-state index in [1.54, 1.807) is 24.3 Å². The van der Waals surface area contributed by atoms with Crippen LogP contribution in [0.5, 0.6) is 5.75 Å². The lowest BCUT2D eigenvalue weighted by atomic mass is 10.2. The Labute approximate surface area is 151 Å². The van der Waals surface area contributed by atoms with E-state index in [9.17, 15) is 18.0 Å². The number of para-hydroxylation sites is 2. The van der Waals surface area contributed by atoms with Gasteiger partial charge in [-0.15, -0.1) is 0 Å². The van der Waals surface area contributed by atoms with E-state index in [1.165, 1.54) is 7.11 Å². The SMILES string of the molecule is COc1ccccc1NC(=S)C(=O)Nc1ccc(C(F)(F)F)cc1Cl. The van der Waals surface area contributed by atoms with Crippen LogP contribution in [0.4, 0.5) is 24.5 Å². The van der Waals surface area contributed by atoms with Crippen molar-refractivity contribution in [2.75, 3.05) is 17.7 Å². The lowest BCUT2D eigenvalue weighted by Gasteiger charge is -2.13. The molecule has 2 aromatic carbocycles. The molecular weight excluding hydrogens is 377 g/mol. The number of hydrogen-bond donors (Lipinski definition) is 2. The molecule has 2 aromatic rings. The molecule has 0 aromatic heterocycles. The molecule has 0 aliphatic carbocycles. The van der Waals surface area contributed by atoms with Crippen molar-refractivity contribution in [2.24, 2.45) is 0 Å². The Hall–Kier alpha value is -2.32. The summed E-state index contributed by atoms with van der Waals surface area (Å²) in [6.45, 7) is 0. The average molecular weight is 389 g/mol. The number of anilines is 2. The number of alkyl halides is 3. The number of carbonyl (C=O) groups excluding carboxylic acids is 1. The van der Waals surface area contributed by atoms with E-state index in [1.807, 2.05) is 0 Å². The topological polar surface area (TPSA) is 50.4 Å². The molecule has 9 heteroatoms. The summed E-state index contributed by atoms with van der Waals surface area (Å²) in [5.41, 5.74) is -0.419. The molecule has 2 N–H and O–H groups in total. The Morgan fingerprint density at radius 3 is 2.40 bits per heavy atom. The highest BCUT2D eigenvalue weighted by Gasteiger charge is 2.31. The zero-order chi connectivity index (χ0) is 18.6. The van der Waals surface area contributed by atoms with Crippen LogP contribution in [0.25, 0.3) is 0 Å². The zero-order valence-corrected chi connectivity index (χ0v) is 14.4. The molecular formula is C16H12ClF3N2O2S. The molecule has 25 heavy (non-hydrogen) atoms. The number of amides is 1. The van der Waals surface area contributed by atoms with Gasteiger partial charge in [0.15, 0.2) is 4.99 Å². The molecule has 0 saturated carbocycles. The van der Waals surface area contributed by atoms with Crippen molar-refractivity contribution in [1.29, 1.82) is 0 Å². The van der Waals surface area contributed by atoms with Gasteiger partial charge in [-0.1, -0.05) is 36.0 Å². The number of rotatable bonds is 3. The smallest absolute Gasteiger partial charge is 0.416 e. The maximum Gasteiger partial charge on any atom is 0.416 e. The van der Waals surface area contributed by atoms with Crippen LogP contribution in [-0.2, 0) is 11.0 Å². The summed E-state index contributed by atoms with van der Waals surface area (Å²) >= 11 is 10.8. The molecule has 1 amide bonds. The van der Waals surface area contributed by atoms with Gasteiger partial charge in [0.1, 0.15) is 5.75 Å². The van der Waals surface area contributed by atoms with Gasteiger partial charge in [0.05, 0.1) is 29.1 Å². The number of carbonyl (C=O) groups is 1. The summed E-state index contributed by atoms with van der Waals surface area (Å²) in [7, 11) is 1.46. The third-order valence-corrected chi connectivity index (χ3v) is 3.71. The minimum absolute atomic E-state index is 0.0174. The van der Waals surface area contributed by atoms with E-state index in [4.69, 9.17) is 28.6 Å². The first-order valence-electron chi connectivity index (χ1n) is 6.84. The van der Waals surface area contributed by atoms with Crippen LogP contribution in [0.15, 0.2) is 42.5 Å². The first-order chi connectivity index (χ1) is 11.7. The summed E-state index contributed by atoms with van der Waals surface area (Å²) in [5, 5.41) is 4.82. The van der Waals surface area contributed by atoms with E-state index in [-0.39, 0.29) is 15.7 Å². The van der Waals surface area contributed by atoms with Crippen LogP contribution < -0.4 is 15.4 Å². The van der Waals surface area contributed by atoms with Gasteiger partial charge in [0.25, 0.3) is 5.91 Å². The number of methoxy groups -OCH3 is 1. The number of benzene rings is 2. The number of thiocarbonyl (C=S) groups is 1. The van der Waals surface area contributed by atoms with E-state index in [2.05, 4.69) is 10.6 Å². The summed E-state index contributed by atoms with van der Waals surface area (Å²) in [6, 6.07) is 9.41. The van der Waals surface area contributed by atoms with Crippen molar-refractivity contribution in [3.8, 4) is 5.75 Å². The van der Waals surface area contributed by atoms with Gasteiger partial charge in [-0.25, -0.2) is 0 Å². The normalized spacial score (nSPS) is 10.9. The Morgan fingerprint density at radius 1 is 1.12 bits per heavy atom. The largest absolute Gasteiger partial charge is 0.495 e. The second-order valence-corrected chi connectivity index (χ2v) is 5.62. The molecule has 0 spiro atoms. The Kier molecular flexibility index (Phi) is 5.86. The maximum atomic E-state index is 12.6. The first kappa shape index (κ1) is 19.0. The van der Waals surface area contributed by atoms with Gasteiger partial charge < -0.3 is 15.4 Å². The van der Waals surface area contributed by atoms with Crippen LogP contribution >= 0.6 is 23.8 Å². The molecule has 0 heterocycles. The van der Waals surface area contributed by atoms with E-state index >= 15 is 0 Å². The molecule has 0 atom stereocenters. The van der Waals surface area contributed by atoms with E-state index in [0.717, 1.165) is 18.2 Å². The van der Waals surface area contributed by atoms with Crippen LogP contribution in [0.2, 0.25) is 5.02 Å². The summed E-state index contributed by atoms with van der Waals surface area (Å²) in [5.74, 6) is -0.243. The Bertz CT molecular complexity index is 812. The lowest BCUT2D eigenvalue weighted by molar-refractivity contribution is -0.137. The Morgan fingerprint density at radius 2 is 1.80 bits per heavy atom. The number of halogens is 4. The second-order valence-electron chi connectivity index (χ2n) is 4.80. The molecule has 132 valence electrons. The van der Waals surface area contributed by atoms with E-state index < -0.39 is 17.6 Å². The van der Waals surface area contributed by atoms with Crippen LogP contribution in [0, 0.1) is 0 Å². The molecule has 0 fully saturated rings. The van der Waals surface area contributed by atoms with Crippen molar-refractivity contribution in [1.82, 2.24) is 0 Å². The average Bonchev–Trinajstić information content (AvgIpc) is 2.56. The minimum Gasteiger partial charge on any atom is -0.495 e. The second kappa shape index (κ2) is 7.71. The van der Waals surface area contributed by atoms with Crippen molar-refractivity contribution in [3.63, 3.8) is 0 Å². The molecule has 0 bridgehead atoms. The van der Waals surface area contributed by atoms with Crippen molar-refractivity contribution >= 4 is 46.1 Å². The Balaban J connectivity index is 2.10. The fourth-order valence-electron chi connectivity index (χ4n) is 1.90. The first-order valence-corrected chi connectivity index (χ1v) is 7.63. The number of ether oxygens (including phenoxy) is 1. The molecule has 0 aliphatic heterocycles. The molecule has 0 unspecified atom stereocenters. The quantitative estimate of drug-likeness (QED) is 0.745. The molecule has 0 aliphatic rings. The van der Waals surface area contributed by atoms with Crippen LogP contribution in [0.3, 0.4) is 0 Å². The highest BCUT2D eigenvalue weighted by Crippen LogP contribution is 2.33. The summed E-state index contributed by atoms with van der Waals surface area (Å²) in [6.07, 6.45) is -4.52. The zero-order valence-electron chi connectivity index (χ0n) is 12.8. The fraction of sp³-hybridized carbons (Fsp3) is 0.125. The van der Waals surface area contributed by atoms with Gasteiger partial charge in [-0.2, -0.15) is 13.2 Å². The standard InChI is InChI=1S/C16H12ClF3N2O2S/c1-24-13-5-3-2-4-12(13)22-15(25)14(23)21-11-7-6-9(8-10(11)17)16(18,19)20/h2-8H,1H3,(H,21,23)(H,22,25). The predicted molar refractivity (Wildman–Crippen MR) is 94.3 cm³/mol. The number of hydrogen-bond acceptors (Lipinski definition) is 3. The van der Waals surface area contributed by atoms with Gasteiger partial charge >= 0.3 is 6.18 Å². The lowest BCUT2D eigenvalue weighted by Crippen LogP contribution is -2.27. The summed E-state index contributed by atoms with van der Waals surface area (Å²) in [4.78, 5) is 11.9. The van der Waals surface area contributed by atoms with Crippen molar-refractivity contribution in [3.05, 3.63) is 53.1 Å². The minimum atomic E-state index is -4.52. The third-order valence-electron chi connectivity index (χ3n) is 3.11. The molecule has 0 saturated heterocycles. The van der Waals surface area contributed by atoms with Gasteiger partial charge in [-0.05, 0) is 30.3 Å². The molecule has 2 rings (SSSR count). The number of nitrogens with one attached hydrogen (secondary N) is 2. The predicted octanol–water partition coefficient (Wildman–Crippen LogP) is 4.75. The van der Waals surface area contributed by atoms with Crippen molar-refractivity contribution in [2.45, 2.75) is 6.18 Å². The molecule has 0 radical (unpaired) electrons. The highest BCUT2D eigenvalue weighted by molar-refractivity contribution is 7.82. The van der Waals surface area contributed by atoms with Gasteiger partial charge in [0.2, 0.25) is 0 Å². The van der Waals surface area contributed by atoms with Crippen LogP contribution in [0.1, 0.15) is 5.56 Å². The monoisotopic (exact) mass is 388 g/mol. The maximum absolute atomic E-state index is 12.6. The molecule has 4 nitrogen and oxygen atoms in total. The van der Waals surface area contributed by atoms with Crippen molar-refractivity contribution < 1.29 is 22.7 Å². The van der Waals surface area contributed by atoms with E-state index in [0.29, 0.717) is 11.4 Å². The summed E-state index contributed by atoms with van der Waals surface area (Å²) < 4.78 is 43.0. The van der Waals surface area contributed by atoms with Gasteiger partial charge in [-0.3, -0.25) is 4.79 Å². The van der Waals surface area contributed by atoms with Crippen LogP contribution in [-0.4, -0.2) is 18.0 Å². The third kappa shape index (κ3) is 4.83. The van der Waals surface area contributed by atoms with Gasteiger partial charge in [0, 0.05) is 0 Å². The fourth-order valence-corrected chi connectivity index (χ4v) is 2.29.